The Kier molecular flexibility index (Phi) is 182. The Morgan fingerprint density at radius 2 is 0.365 bits per heavy atom. The number of nitrogens with zero attached hydrogens (tertiary/aromatic N) is 9. The van der Waals surface area contributed by atoms with Crippen molar-refractivity contribution in [3.8, 4) is 0 Å². The molecule has 0 aromatic carbocycles. The van der Waals surface area contributed by atoms with E-state index in [0.717, 1.165) is 14.2 Å². The van der Waals surface area contributed by atoms with Crippen LogP contribution in [-0.4, -0.2) is 206 Å². The summed E-state index contributed by atoms with van der Waals surface area (Å²) in [6, 6.07) is 0. The third kappa shape index (κ3) is 193. The summed E-state index contributed by atoms with van der Waals surface area (Å²) >= 11 is 0. The van der Waals surface area contributed by atoms with Gasteiger partial charge in [0, 0.05) is 40.4 Å². The van der Waals surface area contributed by atoms with E-state index in [0.29, 0.717) is 78.5 Å². The van der Waals surface area contributed by atoms with Crippen LogP contribution < -0.4 is 40.9 Å². The molecule has 0 aliphatic carbocycles. The van der Waals surface area contributed by atoms with E-state index in [2.05, 4.69) is 0 Å². The topological polar surface area (TPSA) is 629 Å². The van der Waals surface area contributed by atoms with Crippen molar-refractivity contribution in [3.05, 3.63) is 76.6 Å². The van der Waals surface area contributed by atoms with Gasteiger partial charge in [0.1, 0.15) is 0 Å². The Bertz CT molecular complexity index is 655. The summed E-state index contributed by atoms with van der Waals surface area (Å²) in [5.74, 6) is 0. The molecule has 0 spiro atoms. The molecular formula is C22H50Dy3Fe2N9O27. The first-order valence-corrected chi connectivity index (χ1v) is 14.7. The molecule has 4 N–H and O–H groups in total. The van der Waals surface area contributed by atoms with Crippen LogP contribution in [0.1, 0.15) is 0 Å². The van der Waals surface area contributed by atoms with Crippen LogP contribution in [0.4, 0.5) is 0 Å². The summed E-state index contributed by atoms with van der Waals surface area (Å²) < 4.78 is 0. The quantitative estimate of drug-likeness (QED) is 0.0577. The van der Waals surface area contributed by atoms with Crippen LogP contribution in [0.25, 0.3) is 0 Å². The zero-order chi connectivity index (χ0) is 46.3. The van der Waals surface area contributed by atoms with Crippen LogP contribution >= 0.6 is 0 Å². The molecule has 63 heavy (non-hydrogen) atoms. The van der Waals surface area contributed by atoms with Crippen molar-refractivity contribution in [1.29, 1.82) is 0 Å². The molecular weight excluding hydrogens is 1420 g/mol. The van der Waals surface area contributed by atoms with E-state index < -0.39 is 25.4 Å². The van der Waals surface area contributed by atoms with Crippen molar-refractivity contribution in [2.45, 2.75) is 0 Å². The molecule has 0 saturated heterocycles. The molecule has 5 radical (unpaired) electrons. The summed E-state index contributed by atoms with van der Waals surface area (Å²) in [6.45, 7) is 3.25. The van der Waals surface area contributed by atoms with Gasteiger partial charge in [0.05, 0.1) is 25.4 Å². The zero-order valence-corrected chi connectivity index (χ0v) is 41.3. The molecule has 391 valence electrons. The van der Waals surface area contributed by atoms with E-state index in [-0.39, 0.29) is 212 Å². The molecule has 0 amide bonds. The second-order valence-electron chi connectivity index (χ2n) is 8.12. The minimum absolute atomic E-state index is 0. The third-order valence-electron chi connectivity index (χ3n) is 4.73. The minimum atomic E-state index is -1.75. The number of rotatable bonds is 22. The fourth-order valence-corrected chi connectivity index (χ4v) is 2.94. The van der Waals surface area contributed by atoms with Crippen LogP contribution in [-0.2, 0) is 39.6 Å². The molecule has 0 aliphatic rings. The molecule has 36 nitrogen and oxygen atoms in total. The monoisotopic (exact) mass is 1480 g/mol. The van der Waals surface area contributed by atoms with Crippen LogP contribution in [0, 0.1) is 191 Å². The van der Waals surface area contributed by atoms with E-state index in [1.54, 1.807) is 19.6 Å². The fraction of sp³-hybridized carbons (Fsp3) is 1.00. The van der Waals surface area contributed by atoms with Crippen molar-refractivity contribution in [2.75, 3.05) is 146 Å². The van der Waals surface area contributed by atoms with E-state index >= 15 is 0 Å². The largest absolute Gasteiger partial charge is 3.00 e. The molecule has 0 atom stereocenters. The summed E-state index contributed by atoms with van der Waals surface area (Å²) in [6.07, 6.45) is 0. The van der Waals surface area contributed by atoms with Crippen LogP contribution in [0.15, 0.2) is 0 Å². The number of hydrogen-bond acceptors (Lipinski definition) is 29. The molecule has 0 aromatic rings. The molecule has 0 rings (SSSR count). The Hall–Kier alpha value is 0.217. The van der Waals surface area contributed by atoms with Crippen LogP contribution in [0.3, 0.4) is 0 Å². The van der Waals surface area contributed by atoms with Gasteiger partial charge in [0.2, 0.25) is 0 Å². The maximum atomic E-state index is 10.5. The van der Waals surface area contributed by atoms with Crippen LogP contribution in [0.2, 0.25) is 0 Å². The molecule has 0 bridgehead atoms. The first-order chi connectivity index (χ1) is 26.2. The molecule has 0 unspecified atom stereocenters. The van der Waals surface area contributed by atoms with E-state index in [1.807, 2.05) is 0 Å². The first-order valence-electron chi connectivity index (χ1n) is 14.7. The van der Waals surface area contributed by atoms with Crippen molar-refractivity contribution in [2.24, 2.45) is 0 Å². The number of aliphatic hydroxyl groups is 2. The zero-order valence-electron chi connectivity index (χ0n) is 33.0. The molecule has 0 aromatic heterocycles. The summed E-state index contributed by atoms with van der Waals surface area (Å²) in [5, 5.41) is 171. The molecule has 0 saturated carbocycles. The van der Waals surface area contributed by atoms with Gasteiger partial charge in [0.15, 0.2) is 0 Å². The predicted molar refractivity (Wildman–Crippen MR) is 177 cm³/mol. The molecule has 41 heteroatoms. The van der Waals surface area contributed by atoms with E-state index in [4.69, 9.17) is 86.8 Å². The van der Waals surface area contributed by atoms with Crippen molar-refractivity contribution in [1.82, 2.24) is 19.6 Å². The second-order valence-corrected chi connectivity index (χ2v) is 8.12. The fourth-order valence-electron chi connectivity index (χ4n) is 2.94. The SMILES string of the molecule is CO.CO.O.O=[N+]([O-])[O-].O=[N+]([O-])[O-].O=[N+]([O-])[O-].O=[N+]([O-])[O-].O=[N+]([O-])[O-].[Dy+3].[Dy+3].[Dy+3].[Fe+3].[Fe+3].[O-2].[O-]CCN(CC[O-])CCN(CC[O-])CC[O-].[O-]CCN(CC[O-])CCN(CC[O-])CC[O-]. The van der Waals surface area contributed by atoms with Crippen molar-refractivity contribution >= 4 is 0 Å². The van der Waals surface area contributed by atoms with Gasteiger partial charge in [-0.3, -0.25) is 0 Å². The normalized spacial score (nSPS) is 8.00. The smallest absolute Gasteiger partial charge is 2.00 e. The molecule has 0 fully saturated rings. The van der Waals surface area contributed by atoms with E-state index in [1.165, 1.54) is 0 Å². The van der Waals surface area contributed by atoms with Gasteiger partial charge in [-0.05, 0) is 52.4 Å². The Morgan fingerprint density at radius 3 is 0.413 bits per heavy atom. The van der Waals surface area contributed by atoms with Crippen LogP contribution in [0.5, 0.6) is 0 Å². The number of hydrogen-bond donors (Lipinski definition) is 2. The Balaban J connectivity index is -0.0000000311. The number of aliphatic hydroxyl groups excluding tert-OH is 2. The summed E-state index contributed by atoms with van der Waals surface area (Å²) in [4.78, 5) is 48.4. The van der Waals surface area contributed by atoms with Gasteiger partial charge in [-0.15, -0.1) is 52.9 Å². The van der Waals surface area contributed by atoms with Gasteiger partial charge < -0.3 is 158 Å². The standard InChI is InChI=1S/2C10H20N2O4.2CH4O.3Dy.2Fe.5NO3.H2O.O/c2*13-7-3-11(4-8-14)1-2-12(5-9-15)6-10-16;2*1-2;;;;;;5*2-1(3)4;;/h2*1-10H2;2*2H,1H3;;;;;;;;;;;1H2;/q2*-4;;;5*+3;5*-1;;-2. The van der Waals surface area contributed by atoms with E-state index in [9.17, 15) is 40.9 Å². The minimum Gasteiger partial charge on any atom is -2.00 e. The van der Waals surface area contributed by atoms with Gasteiger partial charge in [-0.25, -0.2) is 0 Å². The second kappa shape index (κ2) is 105. The maximum absolute atomic E-state index is 10.5. The Morgan fingerprint density at radius 1 is 0.302 bits per heavy atom. The van der Waals surface area contributed by atoms with Crippen molar-refractivity contribution in [3.63, 3.8) is 0 Å². The molecule has 0 aliphatic heterocycles. The Labute approximate surface area is 472 Å². The summed E-state index contributed by atoms with van der Waals surface area (Å²) in [5.41, 5.74) is 0. The average Bonchev–Trinajstić information content (AvgIpc) is 3.08. The maximum Gasteiger partial charge on any atom is 3.00 e. The average molecular weight is 1470 g/mol. The van der Waals surface area contributed by atoms with Gasteiger partial charge in [-0.1, -0.05) is 0 Å². The first kappa shape index (κ1) is 110. The molecule has 0 heterocycles. The predicted octanol–water partition coefficient (Wildman–Crippen LogP) is -12.9. The van der Waals surface area contributed by atoms with Gasteiger partial charge in [0.25, 0.3) is 0 Å². The third-order valence-corrected chi connectivity index (χ3v) is 4.73. The van der Waals surface area contributed by atoms with Gasteiger partial charge in [-0.2, -0.15) is 0 Å². The summed E-state index contributed by atoms with van der Waals surface area (Å²) in [7, 11) is 2.00. The van der Waals surface area contributed by atoms with Gasteiger partial charge >= 0.3 is 149 Å². The van der Waals surface area contributed by atoms with Crippen molar-refractivity contribution < 1.29 is 236 Å².